The first-order valence-corrected chi connectivity index (χ1v) is 5.29. The van der Waals surface area contributed by atoms with Crippen molar-refractivity contribution < 1.29 is 27.8 Å². The van der Waals surface area contributed by atoms with Gasteiger partial charge in [-0.1, -0.05) is 17.7 Å². The Morgan fingerprint density at radius 2 is 2.11 bits per heavy atom. The fourth-order valence-corrected chi connectivity index (χ4v) is 1.52. The van der Waals surface area contributed by atoms with E-state index in [0.29, 0.717) is 0 Å². The van der Waals surface area contributed by atoms with Gasteiger partial charge in [0.05, 0.1) is 11.4 Å². The van der Waals surface area contributed by atoms with Crippen LogP contribution < -0.4 is 4.74 Å². The maximum atomic E-state index is 12.5. The molecule has 0 spiro atoms. The zero-order valence-corrected chi connectivity index (χ0v) is 10.0. The van der Waals surface area contributed by atoms with E-state index in [0.717, 1.165) is 5.56 Å². The zero-order chi connectivity index (χ0) is 13.9. The Hall–Kier alpha value is -1.43. The molecular formula is C11H10ClF3O3. The van der Waals surface area contributed by atoms with Gasteiger partial charge < -0.3 is 9.84 Å². The maximum Gasteiger partial charge on any atom is 0.426 e. The molecule has 0 radical (unpaired) electrons. The summed E-state index contributed by atoms with van der Waals surface area (Å²) in [7, 11) is 0. The molecule has 1 N–H and O–H groups in total. The van der Waals surface area contributed by atoms with Crippen LogP contribution in [0.5, 0.6) is 5.75 Å². The van der Waals surface area contributed by atoms with Gasteiger partial charge in [0.1, 0.15) is 5.75 Å². The van der Waals surface area contributed by atoms with Gasteiger partial charge in [0.2, 0.25) is 6.10 Å². The molecule has 0 heterocycles. The molecule has 18 heavy (non-hydrogen) atoms. The molecule has 1 aromatic rings. The number of alkyl halides is 3. The molecule has 1 unspecified atom stereocenters. The van der Waals surface area contributed by atoms with Gasteiger partial charge in [0.15, 0.2) is 0 Å². The van der Waals surface area contributed by atoms with Gasteiger partial charge in [0.25, 0.3) is 0 Å². The molecule has 0 aliphatic rings. The average molecular weight is 283 g/mol. The lowest BCUT2D eigenvalue weighted by atomic mass is 10.2. The summed E-state index contributed by atoms with van der Waals surface area (Å²) in [5, 5.41) is 8.43. The first-order chi connectivity index (χ1) is 8.20. The molecule has 0 aromatic heterocycles. The van der Waals surface area contributed by atoms with Crippen molar-refractivity contribution in [1.82, 2.24) is 0 Å². The van der Waals surface area contributed by atoms with Gasteiger partial charge in [-0.2, -0.15) is 13.2 Å². The van der Waals surface area contributed by atoms with Crippen LogP contribution in [0.3, 0.4) is 0 Å². The van der Waals surface area contributed by atoms with Crippen molar-refractivity contribution in [2.45, 2.75) is 25.6 Å². The standard InChI is InChI=1S/C11H10ClF3O3/c1-6-2-3-8(7(12)4-6)18-9(5-10(16)17)11(13,14)15/h2-4,9H,5H2,1H3,(H,16,17). The van der Waals surface area contributed by atoms with E-state index in [-0.39, 0.29) is 10.8 Å². The predicted molar refractivity (Wildman–Crippen MR) is 58.9 cm³/mol. The van der Waals surface area contributed by atoms with Crippen molar-refractivity contribution in [2.24, 2.45) is 0 Å². The maximum absolute atomic E-state index is 12.5. The number of benzene rings is 1. The minimum Gasteiger partial charge on any atom is -0.481 e. The summed E-state index contributed by atoms with van der Waals surface area (Å²) >= 11 is 5.72. The summed E-state index contributed by atoms with van der Waals surface area (Å²) in [5.41, 5.74) is 0.758. The zero-order valence-electron chi connectivity index (χ0n) is 9.29. The van der Waals surface area contributed by atoms with Crippen molar-refractivity contribution in [3.05, 3.63) is 28.8 Å². The molecule has 1 rings (SSSR count). The summed E-state index contributed by atoms with van der Waals surface area (Å²) in [5.74, 6) is -1.79. The first kappa shape index (κ1) is 14.6. The third-order valence-corrected chi connectivity index (χ3v) is 2.38. The highest BCUT2D eigenvalue weighted by Gasteiger charge is 2.43. The van der Waals surface area contributed by atoms with Crippen LogP contribution in [0, 0.1) is 6.92 Å². The topological polar surface area (TPSA) is 46.5 Å². The van der Waals surface area contributed by atoms with Crippen molar-refractivity contribution in [2.75, 3.05) is 0 Å². The van der Waals surface area contributed by atoms with Crippen LogP contribution >= 0.6 is 11.6 Å². The Morgan fingerprint density at radius 1 is 1.50 bits per heavy atom. The van der Waals surface area contributed by atoms with Crippen LogP contribution in [-0.2, 0) is 4.79 Å². The minimum absolute atomic E-state index is 0.00892. The number of carboxylic acid groups (broad SMARTS) is 1. The quantitative estimate of drug-likeness (QED) is 0.920. The van der Waals surface area contributed by atoms with Crippen LogP contribution in [-0.4, -0.2) is 23.4 Å². The number of rotatable bonds is 4. The van der Waals surface area contributed by atoms with E-state index in [4.69, 9.17) is 16.7 Å². The number of aliphatic carboxylic acids is 1. The van der Waals surface area contributed by atoms with Crippen LogP contribution in [0.15, 0.2) is 18.2 Å². The molecule has 0 aliphatic carbocycles. The molecule has 0 bridgehead atoms. The summed E-state index contributed by atoms with van der Waals surface area (Å²) in [4.78, 5) is 10.4. The third-order valence-electron chi connectivity index (χ3n) is 2.08. The molecule has 0 amide bonds. The Labute approximate surface area is 106 Å². The number of hydrogen-bond donors (Lipinski definition) is 1. The Bertz CT molecular complexity index is 446. The predicted octanol–water partition coefficient (Wildman–Crippen LogP) is 3.43. The summed E-state index contributed by atoms with van der Waals surface area (Å²) in [6, 6.07) is 4.23. The largest absolute Gasteiger partial charge is 0.481 e. The second-order valence-electron chi connectivity index (χ2n) is 3.68. The highest BCUT2D eigenvalue weighted by atomic mass is 35.5. The van der Waals surface area contributed by atoms with Crippen molar-refractivity contribution >= 4 is 17.6 Å². The number of ether oxygens (including phenoxy) is 1. The number of halogens is 4. The number of carbonyl (C=O) groups is 1. The molecule has 100 valence electrons. The van der Waals surface area contributed by atoms with Crippen molar-refractivity contribution in [3.63, 3.8) is 0 Å². The normalized spacial score (nSPS) is 13.2. The van der Waals surface area contributed by atoms with Gasteiger partial charge in [-0.3, -0.25) is 4.79 Å². The molecule has 1 aromatic carbocycles. The summed E-state index contributed by atoms with van der Waals surface area (Å²) < 4.78 is 42.3. The lowest BCUT2D eigenvalue weighted by molar-refractivity contribution is -0.200. The monoisotopic (exact) mass is 282 g/mol. The molecule has 0 saturated carbocycles. The van der Waals surface area contributed by atoms with E-state index in [1.165, 1.54) is 18.2 Å². The van der Waals surface area contributed by atoms with Gasteiger partial charge >= 0.3 is 12.1 Å². The van der Waals surface area contributed by atoms with E-state index < -0.39 is 24.7 Å². The smallest absolute Gasteiger partial charge is 0.426 e. The molecular weight excluding hydrogens is 273 g/mol. The van der Waals surface area contributed by atoms with E-state index in [2.05, 4.69) is 4.74 Å². The van der Waals surface area contributed by atoms with Crippen LogP contribution in [0.4, 0.5) is 13.2 Å². The lowest BCUT2D eigenvalue weighted by Gasteiger charge is -2.20. The fraction of sp³-hybridized carbons (Fsp3) is 0.364. The second kappa shape index (κ2) is 5.48. The van der Waals surface area contributed by atoms with Gasteiger partial charge in [-0.05, 0) is 24.6 Å². The van der Waals surface area contributed by atoms with E-state index in [1.54, 1.807) is 6.92 Å². The summed E-state index contributed by atoms with van der Waals surface area (Å²) in [6.07, 6.45) is -8.37. The van der Waals surface area contributed by atoms with E-state index >= 15 is 0 Å². The molecule has 0 saturated heterocycles. The molecule has 7 heteroatoms. The molecule has 0 aliphatic heterocycles. The number of hydrogen-bond acceptors (Lipinski definition) is 2. The van der Waals surface area contributed by atoms with E-state index in [1.807, 2.05) is 0 Å². The highest BCUT2D eigenvalue weighted by Crippen LogP contribution is 2.31. The van der Waals surface area contributed by atoms with Gasteiger partial charge in [-0.15, -0.1) is 0 Å². The molecule has 3 nitrogen and oxygen atoms in total. The van der Waals surface area contributed by atoms with Gasteiger partial charge in [-0.25, -0.2) is 0 Å². The SMILES string of the molecule is Cc1ccc(OC(CC(=O)O)C(F)(F)F)c(Cl)c1. The number of carboxylic acids is 1. The molecule has 0 fully saturated rings. The fourth-order valence-electron chi connectivity index (χ4n) is 1.24. The van der Waals surface area contributed by atoms with Crippen LogP contribution in [0.25, 0.3) is 0 Å². The van der Waals surface area contributed by atoms with E-state index in [9.17, 15) is 18.0 Å². The first-order valence-electron chi connectivity index (χ1n) is 4.91. The van der Waals surface area contributed by atoms with Crippen LogP contribution in [0.1, 0.15) is 12.0 Å². The van der Waals surface area contributed by atoms with Crippen molar-refractivity contribution in [3.8, 4) is 5.75 Å². The Balaban J connectivity index is 2.92. The van der Waals surface area contributed by atoms with Crippen LogP contribution in [0.2, 0.25) is 5.02 Å². The van der Waals surface area contributed by atoms with Crippen molar-refractivity contribution in [1.29, 1.82) is 0 Å². The third kappa shape index (κ3) is 4.10. The Kier molecular flexibility index (Phi) is 4.45. The minimum atomic E-state index is -4.77. The number of aryl methyl sites for hydroxylation is 1. The summed E-state index contributed by atoms with van der Waals surface area (Å²) in [6.45, 7) is 1.72. The second-order valence-corrected chi connectivity index (χ2v) is 4.09. The van der Waals surface area contributed by atoms with Gasteiger partial charge in [0, 0.05) is 0 Å². The average Bonchev–Trinajstić information content (AvgIpc) is 2.18. The lowest BCUT2D eigenvalue weighted by Crippen LogP contribution is -2.36. The Morgan fingerprint density at radius 3 is 2.56 bits per heavy atom. The highest BCUT2D eigenvalue weighted by molar-refractivity contribution is 6.32. The molecule has 1 atom stereocenters.